The lowest BCUT2D eigenvalue weighted by atomic mass is 9.88. The Morgan fingerprint density at radius 3 is 1.62 bits per heavy atom. The van der Waals surface area contributed by atoms with E-state index < -0.39 is 10.0 Å². The summed E-state index contributed by atoms with van der Waals surface area (Å²) < 4.78 is 33.3. The molecule has 0 unspecified atom stereocenters. The van der Waals surface area contributed by atoms with Gasteiger partial charge >= 0.3 is 0 Å². The zero-order valence-corrected chi connectivity index (χ0v) is 34.7. The van der Waals surface area contributed by atoms with Crippen LogP contribution in [0.5, 0.6) is 0 Å². The number of imidazole rings is 2. The molecule has 0 aliphatic heterocycles. The molecule has 2 fully saturated rings. The van der Waals surface area contributed by atoms with Crippen molar-refractivity contribution < 1.29 is 13.2 Å². The van der Waals surface area contributed by atoms with E-state index in [1.807, 2.05) is 24.3 Å². The number of nitrogens with two attached hydrogens (primary N) is 1. The van der Waals surface area contributed by atoms with Crippen molar-refractivity contribution in [2.45, 2.75) is 141 Å². The van der Waals surface area contributed by atoms with Crippen molar-refractivity contribution in [2.24, 2.45) is 11.8 Å². The molecule has 1 amide bonds. The van der Waals surface area contributed by atoms with E-state index in [0.717, 1.165) is 47.1 Å². The van der Waals surface area contributed by atoms with Crippen LogP contribution < -0.4 is 15.8 Å². The van der Waals surface area contributed by atoms with E-state index in [4.69, 9.17) is 15.7 Å². The molecule has 2 aliphatic rings. The Bertz CT molecular complexity index is 2210. The van der Waals surface area contributed by atoms with Crippen LogP contribution in [0, 0.1) is 11.8 Å². The predicted octanol–water partition coefficient (Wildman–Crippen LogP) is 10.2. The largest absolute Gasteiger partial charge is 0.399 e. The summed E-state index contributed by atoms with van der Waals surface area (Å²) in [5.74, 6) is 3.47. The Balaban J connectivity index is 0.000000209. The molecular formula is C44H61N7O3S. The maximum Gasteiger partial charge on any atom is 0.261 e. The van der Waals surface area contributed by atoms with Gasteiger partial charge < -0.3 is 20.2 Å². The van der Waals surface area contributed by atoms with E-state index in [1.54, 1.807) is 18.2 Å². The zero-order chi connectivity index (χ0) is 39.5. The first-order valence-electron chi connectivity index (χ1n) is 20.2. The van der Waals surface area contributed by atoms with Crippen molar-refractivity contribution in [3.8, 4) is 0 Å². The fourth-order valence-corrected chi connectivity index (χ4v) is 9.29. The number of carbonyl (C=O) groups is 1. The number of hydrogen-bond donors (Lipinski definition) is 3. The van der Waals surface area contributed by atoms with E-state index in [1.165, 1.54) is 94.6 Å². The molecule has 3 aromatic carbocycles. The lowest BCUT2D eigenvalue weighted by molar-refractivity contribution is -0.114. The Labute approximate surface area is 327 Å². The average molecular weight is 768 g/mol. The van der Waals surface area contributed by atoms with Gasteiger partial charge in [0.25, 0.3) is 10.0 Å². The van der Waals surface area contributed by atoms with Gasteiger partial charge in [0.05, 0.1) is 32.6 Å². The van der Waals surface area contributed by atoms with E-state index in [2.05, 4.69) is 66.8 Å². The fraction of sp³-hybridized carbons (Fsp3) is 0.523. The number of sulfonamides is 1. The van der Waals surface area contributed by atoms with Gasteiger partial charge in [-0.15, -0.1) is 0 Å². The van der Waals surface area contributed by atoms with Crippen molar-refractivity contribution in [2.75, 3.05) is 15.8 Å². The number of nitrogens with one attached hydrogen (secondary N) is 2. The van der Waals surface area contributed by atoms with E-state index in [0.29, 0.717) is 17.3 Å². The predicted molar refractivity (Wildman–Crippen MR) is 226 cm³/mol. The van der Waals surface area contributed by atoms with Crippen LogP contribution in [0.1, 0.15) is 124 Å². The van der Waals surface area contributed by atoms with Crippen LogP contribution in [-0.2, 0) is 38.7 Å². The van der Waals surface area contributed by atoms with Gasteiger partial charge in [-0.2, -0.15) is 0 Å². The topological polar surface area (TPSA) is 137 Å². The van der Waals surface area contributed by atoms with Gasteiger partial charge in [-0.25, -0.2) is 18.4 Å². The molecule has 10 nitrogen and oxygen atoms in total. The second-order valence-corrected chi connectivity index (χ2v) is 19.5. The maximum atomic E-state index is 12.9. The number of hydrogen-bond acceptors (Lipinski definition) is 6. The minimum absolute atomic E-state index is 0.0580. The molecule has 0 spiro atoms. The monoisotopic (exact) mass is 767 g/mol. The van der Waals surface area contributed by atoms with Crippen molar-refractivity contribution in [1.29, 1.82) is 0 Å². The number of fused-ring (bicyclic) bond motifs is 2. The van der Waals surface area contributed by atoms with Crippen LogP contribution in [0.4, 0.5) is 17.1 Å². The molecule has 2 aromatic heterocycles. The molecule has 0 saturated heterocycles. The lowest BCUT2D eigenvalue weighted by Crippen LogP contribution is -2.22. The SMILES string of the molecule is CC(=O)Nc1ccc(S(=O)(=O)Nc2ccc3c(c2)nc(C(C)(C)C)n3CC2CCCCC2)cc1.CC(C)(C)c1nc2cc(N)ccc2n1CC1CCCCC1. The third-order valence-corrected chi connectivity index (χ3v) is 12.3. The molecule has 0 atom stereocenters. The van der Waals surface area contributed by atoms with Crippen LogP contribution in [0.2, 0.25) is 0 Å². The number of anilines is 3. The molecule has 296 valence electrons. The number of amides is 1. The maximum absolute atomic E-state index is 12.9. The highest BCUT2D eigenvalue weighted by atomic mass is 32.2. The van der Waals surface area contributed by atoms with Gasteiger partial charge in [0.15, 0.2) is 0 Å². The van der Waals surface area contributed by atoms with E-state index in [9.17, 15) is 13.2 Å². The average Bonchev–Trinajstić information content (AvgIpc) is 3.67. The molecule has 0 bridgehead atoms. The van der Waals surface area contributed by atoms with Crippen LogP contribution in [0.25, 0.3) is 22.1 Å². The minimum atomic E-state index is -3.78. The molecule has 11 heteroatoms. The summed E-state index contributed by atoms with van der Waals surface area (Å²) in [4.78, 5) is 21.2. The van der Waals surface area contributed by atoms with Crippen molar-refractivity contribution >= 4 is 55.1 Å². The quantitative estimate of drug-likeness (QED) is 0.135. The summed E-state index contributed by atoms with van der Waals surface area (Å²) in [6, 6.07) is 17.8. The fourth-order valence-electron chi connectivity index (χ4n) is 8.25. The molecular weight excluding hydrogens is 707 g/mol. The summed E-state index contributed by atoms with van der Waals surface area (Å²) in [5, 5.41) is 2.64. The highest BCUT2D eigenvalue weighted by Gasteiger charge is 2.27. The third-order valence-electron chi connectivity index (χ3n) is 10.9. The van der Waals surface area contributed by atoms with Gasteiger partial charge in [-0.1, -0.05) is 80.1 Å². The van der Waals surface area contributed by atoms with Crippen LogP contribution >= 0.6 is 0 Å². The Morgan fingerprint density at radius 1 is 0.691 bits per heavy atom. The van der Waals surface area contributed by atoms with Gasteiger partial charge in [0.1, 0.15) is 11.6 Å². The number of carbonyl (C=O) groups excluding carboxylic acids is 1. The van der Waals surface area contributed by atoms with Gasteiger partial charge in [0, 0.05) is 42.2 Å². The first-order chi connectivity index (χ1) is 26.0. The number of aromatic nitrogens is 4. The number of rotatable bonds is 8. The normalized spacial score (nSPS) is 16.2. The third kappa shape index (κ3) is 9.90. The summed E-state index contributed by atoms with van der Waals surface area (Å²) >= 11 is 0. The molecule has 0 radical (unpaired) electrons. The minimum Gasteiger partial charge on any atom is -0.399 e. The van der Waals surface area contributed by atoms with Crippen molar-refractivity contribution in [3.63, 3.8) is 0 Å². The second kappa shape index (κ2) is 16.4. The molecule has 2 heterocycles. The molecule has 5 aromatic rings. The van der Waals surface area contributed by atoms with Crippen molar-refractivity contribution in [1.82, 2.24) is 19.1 Å². The molecule has 7 rings (SSSR count). The highest BCUT2D eigenvalue weighted by Crippen LogP contribution is 2.34. The Morgan fingerprint density at radius 2 is 1.15 bits per heavy atom. The second-order valence-electron chi connectivity index (χ2n) is 17.9. The van der Waals surface area contributed by atoms with Crippen LogP contribution in [0.3, 0.4) is 0 Å². The van der Waals surface area contributed by atoms with E-state index in [-0.39, 0.29) is 21.6 Å². The van der Waals surface area contributed by atoms with Crippen LogP contribution in [0.15, 0.2) is 65.6 Å². The first kappa shape index (κ1) is 40.3. The van der Waals surface area contributed by atoms with E-state index >= 15 is 0 Å². The smallest absolute Gasteiger partial charge is 0.261 e. The molecule has 2 aliphatic carbocycles. The summed E-state index contributed by atoms with van der Waals surface area (Å²) in [5.41, 5.74) is 11.8. The lowest BCUT2D eigenvalue weighted by Gasteiger charge is -2.26. The molecule has 4 N–H and O–H groups in total. The summed E-state index contributed by atoms with van der Waals surface area (Å²) in [6.45, 7) is 16.7. The van der Waals surface area contributed by atoms with Gasteiger partial charge in [-0.3, -0.25) is 9.52 Å². The summed E-state index contributed by atoms with van der Waals surface area (Å²) in [6.07, 6.45) is 13.3. The Hall–Kier alpha value is -4.38. The molecule has 2 saturated carbocycles. The standard InChI is InChI=1S/C26H34N4O3S.C18H27N3/c1-18(31)27-20-10-13-22(14-11-20)34(32,33)29-21-12-15-24-23(16-21)28-25(26(2,3)4)30(24)17-19-8-6-5-7-9-19;1-18(2,3)17-20-15-11-14(19)9-10-16(15)21(17)12-13-7-5-4-6-8-13/h10-16,19,29H,5-9,17H2,1-4H3,(H,27,31);9-11,13H,4-8,12,19H2,1-3H3. The first-order valence-corrected chi connectivity index (χ1v) is 21.6. The highest BCUT2D eigenvalue weighted by molar-refractivity contribution is 7.92. The van der Waals surface area contributed by atoms with Gasteiger partial charge in [-0.05, 0) is 98.2 Å². The number of nitrogens with zero attached hydrogens (tertiary/aromatic N) is 4. The number of benzene rings is 3. The van der Waals surface area contributed by atoms with Crippen LogP contribution in [-0.4, -0.2) is 33.4 Å². The van der Waals surface area contributed by atoms with Gasteiger partial charge in [0.2, 0.25) is 5.91 Å². The van der Waals surface area contributed by atoms with Crippen molar-refractivity contribution in [3.05, 3.63) is 72.3 Å². The molecule has 55 heavy (non-hydrogen) atoms. The zero-order valence-electron chi connectivity index (χ0n) is 33.9. The number of nitrogen functional groups attached to an aromatic ring is 1. The Kier molecular flexibility index (Phi) is 12.0. The summed E-state index contributed by atoms with van der Waals surface area (Å²) in [7, 11) is -3.78.